The first-order valence-corrected chi connectivity index (χ1v) is 8.88. The Bertz CT molecular complexity index is 569. The lowest BCUT2D eigenvalue weighted by Gasteiger charge is -2.20. The summed E-state index contributed by atoms with van der Waals surface area (Å²) in [4.78, 5) is 4.10. The molecule has 1 aromatic carbocycles. The maximum atomic E-state index is 5.98. The van der Waals surface area contributed by atoms with Gasteiger partial charge in [-0.3, -0.25) is 0 Å². The summed E-state index contributed by atoms with van der Waals surface area (Å²) in [5.74, 6) is 0. The Morgan fingerprint density at radius 2 is 2.14 bits per heavy atom. The SMILES string of the molecule is CCC(S)C(=S)SC(Cn1ccnc1)c1ccc(Cl)cc1. The zero-order valence-corrected chi connectivity index (χ0v) is 14.9. The average Bonchev–Trinajstić information content (AvgIpc) is 2.99. The summed E-state index contributed by atoms with van der Waals surface area (Å²) in [7, 11) is 0. The van der Waals surface area contributed by atoms with Crippen LogP contribution < -0.4 is 0 Å². The Hall–Kier alpha value is -0.490. The molecule has 0 saturated heterocycles. The molecule has 2 unspecified atom stereocenters. The molecule has 0 spiro atoms. The summed E-state index contributed by atoms with van der Waals surface area (Å²) in [6.07, 6.45) is 6.51. The van der Waals surface area contributed by atoms with Crippen molar-refractivity contribution < 1.29 is 0 Å². The number of thioether (sulfide) groups is 1. The van der Waals surface area contributed by atoms with Crippen LogP contribution in [0.3, 0.4) is 0 Å². The second kappa shape index (κ2) is 8.22. The third-order valence-corrected chi connectivity index (χ3v) is 6.12. The van der Waals surface area contributed by atoms with Crippen molar-refractivity contribution in [2.45, 2.75) is 30.4 Å². The van der Waals surface area contributed by atoms with Crippen LogP contribution in [-0.4, -0.2) is 19.0 Å². The highest BCUT2D eigenvalue weighted by atomic mass is 35.5. The van der Waals surface area contributed by atoms with Gasteiger partial charge in [0.25, 0.3) is 0 Å². The number of rotatable bonds is 6. The van der Waals surface area contributed by atoms with Crippen molar-refractivity contribution in [3.63, 3.8) is 0 Å². The second-order valence-electron chi connectivity index (χ2n) is 4.66. The standard InChI is InChI=1S/C15H17ClN2S3/c1-2-13(19)15(20)21-14(9-18-8-7-17-10-18)11-3-5-12(16)6-4-11/h3-8,10,13-14,19H,2,9H2,1H3. The normalized spacial score (nSPS) is 13.9. The van der Waals surface area contributed by atoms with Gasteiger partial charge >= 0.3 is 0 Å². The summed E-state index contributed by atoms with van der Waals surface area (Å²) in [6.45, 7) is 2.91. The molecule has 6 heteroatoms. The van der Waals surface area contributed by atoms with Gasteiger partial charge in [-0.05, 0) is 24.1 Å². The largest absolute Gasteiger partial charge is 0.336 e. The van der Waals surface area contributed by atoms with E-state index in [4.69, 9.17) is 23.8 Å². The quantitative estimate of drug-likeness (QED) is 0.577. The first-order valence-electron chi connectivity index (χ1n) is 6.70. The van der Waals surface area contributed by atoms with E-state index in [1.54, 1.807) is 18.0 Å². The Labute approximate surface area is 145 Å². The van der Waals surface area contributed by atoms with E-state index in [1.165, 1.54) is 5.56 Å². The van der Waals surface area contributed by atoms with E-state index >= 15 is 0 Å². The summed E-state index contributed by atoms with van der Waals surface area (Å²) in [6, 6.07) is 7.94. The van der Waals surface area contributed by atoms with Crippen LogP contribution in [0.25, 0.3) is 0 Å². The number of hydrogen-bond acceptors (Lipinski definition) is 4. The fraction of sp³-hybridized carbons (Fsp3) is 0.333. The van der Waals surface area contributed by atoms with Crippen LogP contribution in [0, 0.1) is 0 Å². The molecule has 0 radical (unpaired) electrons. The second-order valence-corrected chi connectivity index (χ2v) is 7.66. The fourth-order valence-corrected chi connectivity index (χ4v) is 3.83. The van der Waals surface area contributed by atoms with E-state index in [0.717, 1.165) is 22.2 Å². The predicted molar refractivity (Wildman–Crippen MR) is 99.7 cm³/mol. The van der Waals surface area contributed by atoms with Gasteiger partial charge in [0, 0.05) is 29.2 Å². The molecule has 0 bridgehead atoms. The van der Waals surface area contributed by atoms with Gasteiger partial charge in [-0.25, -0.2) is 4.98 Å². The molecule has 1 heterocycles. The smallest absolute Gasteiger partial charge is 0.0946 e. The molecule has 2 aromatic rings. The van der Waals surface area contributed by atoms with E-state index in [2.05, 4.69) is 41.2 Å². The molecule has 0 aliphatic rings. The van der Waals surface area contributed by atoms with Crippen molar-refractivity contribution in [3.05, 3.63) is 53.6 Å². The summed E-state index contributed by atoms with van der Waals surface area (Å²) >= 11 is 17.7. The Morgan fingerprint density at radius 1 is 1.43 bits per heavy atom. The molecule has 2 rings (SSSR count). The average molecular weight is 357 g/mol. The number of thiol groups is 1. The molecule has 0 aliphatic carbocycles. The monoisotopic (exact) mass is 356 g/mol. The lowest BCUT2D eigenvalue weighted by atomic mass is 10.1. The maximum absolute atomic E-state index is 5.98. The molecule has 112 valence electrons. The highest BCUT2D eigenvalue weighted by Crippen LogP contribution is 2.34. The molecule has 0 fully saturated rings. The number of thiocarbonyl (C=S) groups is 1. The number of aromatic nitrogens is 2. The van der Waals surface area contributed by atoms with Crippen molar-refractivity contribution in [1.82, 2.24) is 9.55 Å². The topological polar surface area (TPSA) is 17.8 Å². The van der Waals surface area contributed by atoms with Crippen LogP contribution in [0.2, 0.25) is 5.02 Å². The number of hydrogen-bond donors (Lipinski definition) is 1. The Kier molecular flexibility index (Phi) is 6.61. The van der Waals surface area contributed by atoms with E-state index in [9.17, 15) is 0 Å². The zero-order chi connectivity index (χ0) is 15.2. The summed E-state index contributed by atoms with van der Waals surface area (Å²) in [5.41, 5.74) is 1.21. The number of imidazole rings is 1. The third-order valence-electron chi connectivity index (χ3n) is 3.09. The van der Waals surface area contributed by atoms with Crippen molar-refractivity contribution >= 4 is 52.4 Å². The molecule has 0 N–H and O–H groups in total. The highest BCUT2D eigenvalue weighted by Gasteiger charge is 2.18. The van der Waals surface area contributed by atoms with Gasteiger partial charge < -0.3 is 4.57 Å². The van der Waals surface area contributed by atoms with Crippen LogP contribution in [0.5, 0.6) is 0 Å². The Morgan fingerprint density at radius 3 is 2.71 bits per heavy atom. The first-order chi connectivity index (χ1) is 10.1. The van der Waals surface area contributed by atoms with E-state index in [0.29, 0.717) is 0 Å². The van der Waals surface area contributed by atoms with E-state index in [1.807, 2.05) is 24.7 Å². The van der Waals surface area contributed by atoms with Gasteiger partial charge in [-0.2, -0.15) is 12.6 Å². The molecule has 1 aromatic heterocycles. The lowest BCUT2D eigenvalue weighted by molar-refractivity contribution is 0.685. The van der Waals surface area contributed by atoms with Gasteiger partial charge in [0.1, 0.15) is 0 Å². The summed E-state index contributed by atoms with van der Waals surface area (Å²) < 4.78 is 3.00. The van der Waals surface area contributed by atoms with Gasteiger partial charge in [0.2, 0.25) is 0 Å². The predicted octanol–water partition coefficient (Wildman–Crippen LogP) is 5.05. The molecule has 2 nitrogen and oxygen atoms in total. The highest BCUT2D eigenvalue weighted by molar-refractivity contribution is 8.24. The minimum absolute atomic E-state index is 0.141. The lowest BCUT2D eigenvalue weighted by Crippen LogP contribution is -2.12. The van der Waals surface area contributed by atoms with Gasteiger partial charge in [0.05, 0.1) is 15.8 Å². The molecule has 0 amide bonds. The van der Waals surface area contributed by atoms with Crippen LogP contribution in [0.15, 0.2) is 43.0 Å². The molecule has 21 heavy (non-hydrogen) atoms. The van der Waals surface area contributed by atoms with Crippen molar-refractivity contribution in [2.75, 3.05) is 0 Å². The molecular weight excluding hydrogens is 340 g/mol. The molecule has 2 atom stereocenters. The minimum atomic E-state index is 0.141. The number of benzene rings is 1. The van der Waals surface area contributed by atoms with E-state index < -0.39 is 0 Å². The van der Waals surface area contributed by atoms with Crippen LogP contribution in [0.1, 0.15) is 24.2 Å². The molecular formula is C15H17ClN2S3. The van der Waals surface area contributed by atoms with Crippen molar-refractivity contribution in [3.8, 4) is 0 Å². The first kappa shape index (κ1) is 16.9. The van der Waals surface area contributed by atoms with Crippen molar-refractivity contribution in [2.24, 2.45) is 0 Å². The maximum Gasteiger partial charge on any atom is 0.0946 e. The minimum Gasteiger partial charge on any atom is -0.336 e. The van der Waals surface area contributed by atoms with E-state index in [-0.39, 0.29) is 10.5 Å². The summed E-state index contributed by atoms with van der Waals surface area (Å²) in [5, 5.41) is 1.11. The fourth-order valence-electron chi connectivity index (χ4n) is 1.86. The molecule has 0 saturated carbocycles. The Balaban J connectivity index is 2.17. The van der Waals surface area contributed by atoms with Crippen LogP contribution >= 0.6 is 48.2 Å². The third kappa shape index (κ3) is 5.02. The van der Waals surface area contributed by atoms with Gasteiger partial charge in [0.15, 0.2) is 0 Å². The zero-order valence-electron chi connectivity index (χ0n) is 11.6. The van der Waals surface area contributed by atoms with Crippen molar-refractivity contribution in [1.29, 1.82) is 0 Å². The van der Waals surface area contributed by atoms with Gasteiger partial charge in [-0.1, -0.05) is 42.9 Å². The number of nitrogens with zero attached hydrogens (tertiary/aromatic N) is 2. The number of halogens is 1. The van der Waals surface area contributed by atoms with Gasteiger partial charge in [-0.15, -0.1) is 11.8 Å². The van der Waals surface area contributed by atoms with Crippen LogP contribution in [-0.2, 0) is 6.54 Å². The molecule has 0 aliphatic heterocycles. The van der Waals surface area contributed by atoms with Crippen LogP contribution in [0.4, 0.5) is 0 Å².